The first-order valence-corrected chi connectivity index (χ1v) is 10.7. The van der Waals surface area contributed by atoms with Crippen molar-refractivity contribution in [2.45, 2.75) is 46.3 Å². The maximum absolute atomic E-state index is 14.1. The van der Waals surface area contributed by atoms with Crippen molar-refractivity contribution < 1.29 is 19.0 Å². The second-order valence-corrected chi connectivity index (χ2v) is 9.04. The highest BCUT2D eigenvalue weighted by Gasteiger charge is 2.33. The molecule has 1 unspecified atom stereocenters. The zero-order chi connectivity index (χ0) is 23.9. The number of nitrogens with zero attached hydrogens (tertiary/aromatic N) is 3. The molecule has 2 heterocycles. The Hall–Kier alpha value is -3.58. The maximum Gasteiger partial charge on any atom is 0.337 e. The van der Waals surface area contributed by atoms with E-state index >= 15 is 0 Å². The van der Waals surface area contributed by atoms with Crippen LogP contribution in [0.4, 0.5) is 4.39 Å². The number of fused-ring (bicyclic) bond motifs is 1. The van der Waals surface area contributed by atoms with Gasteiger partial charge < -0.3 is 9.84 Å². The third-order valence-corrected chi connectivity index (χ3v) is 5.29. The van der Waals surface area contributed by atoms with Crippen LogP contribution in [0.1, 0.15) is 43.7 Å². The summed E-state index contributed by atoms with van der Waals surface area (Å²) < 4.78 is 21.7. The first-order chi connectivity index (χ1) is 15.5. The minimum Gasteiger partial charge on any atom is -0.479 e. The van der Waals surface area contributed by atoms with Crippen LogP contribution in [0.3, 0.4) is 0 Å². The van der Waals surface area contributed by atoms with E-state index in [0.29, 0.717) is 39.4 Å². The molecule has 0 fully saturated rings. The van der Waals surface area contributed by atoms with E-state index in [1.807, 2.05) is 36.4 Å². The highest BCUT2D eigenvalue weighted by atomic mass is 19.1. The molecule has 0 saturated heterocycles. The van der Waals surface area contributed by atoms with Crippen molar-refractivity contribution >= 4 is 11.6 Å². The topological polar surface area (TPSA) is 76.7 Å². The molecule has 0 radical (unpaired) electrons. The van der Waals surface area contributed by atoms with Gasteiger partial charge in [-0.25, -0.2) is 18.7 Å². The molecule has 0 amide bonds. The molecule has 6 nitrogen and oxygen atoms in total. The molecule has 2 aromatic heterocycles. The summed E-state index contributed by atoms with van der Waals surface area (Å²) in [5.41, 5.74) is 3.93. The van der Waals surface area contributed by atoms with Crippen LogP contribution in [0, 0.1) is 19.7 Å². The molecule has 1 N–H and O–H groups in total. The number of ether oxygens (including phenoxy) is 1. The summed E-state index contributed by atoms with van der Waals surface area (Å²) in [6.07, 6.45) is -1.29. The summed E-state index contributed by atoms with van der Waals surface area (Å²) in [6, 6.07) is 16.2. The maximum atomic E-state index is 14.1. The standard InChI is InChI=1S/C26H26FN3O3/c1-15-13-18(11-12-19(15)27)23-22(24(25(31)32)33-26(3,4)5)16(2)28-21-14-20(29-30(21)23)17-9-7-6-8-10-17/h6-14,24H,1-5H3,(H,31,32). The number of benzene rings is 2. The molecule has 0 saturated carbocycles. The fourth-order valence-corrected chi connectivity index (χ4v) is 3.85. The van der Waals surface area contributed by atoms with E-state index in [-0.39, 0.29) is 5.82 Å². The number of hydrogen-bond acceptors (Lipinski definition) is 4. The Morgan fingerprint density at radius 2 is 1.76 bits per heavy atom. The summed E-state index contributed by atoms with van der Waals surface area (Å²) in [7, 11) is 0. The quantitative estimate of drug-likeness (QED) is 0.421. The van der Waals surface area contributed by atoms with Gasteiger partial charge >= 0.3 is 5.97 Å². The molecule has 0 bridgehead atoms. The van der Waals surface area contributed by atoms with E-state index in [1.54, 1.807) is 51.3 Å². The number of rotatable bonds is 5. The fraction of sp³-hybridized carbons (Fsp3) is 0.269. The lowest BCUT2D eigenvalue weighted by molar-refractivity contribution is -0.160. The fourth-order valence-electron chi connectivity index (χ4n) is 3.85. The minimum absolute atomic E-state index is 0.339. The van der Waals surface area contributed by atoms with Gasteiger partial charge in [-0.3, -0.25) is 0 Å². The van der Waals surface area contributed by atoms with Crippen LogP contribution >= 0.6 is 0 Å². The normalized spacial score (nSPS) is 12.8. The zero-order valence-corrected chi connectivity index (χ0v) is 19.3. The monoisotopic (exact) mass is 447 g/mol. The number of aliphatic carboxylic acids is 1. The van der Waals surface area contributed by atoms with Crippen molar-refractivity contribution in [1.29, 1.82) is 0 Å². The number of hydrogen-bond donors (Lipinski definition) is 1. The molecule has 7 heteroatoms. The predicted molar refractivity (Wildman–Crippen MR) is 125 cm³/mol. The van der Waals surface area contributed by atoms with Gasteiger partial charge in [0.2, 0.25) is 0 Å². The number of carboxylic acid groups (broad SMARTS) is 1. The van der Waals surface area contributed by atoms with Crippen LogP contribution in [0.5, 0.6) is 0 Å². The highest BCUT2D eigenvalue weighted by molar-refractivity contribution is 5.81. The Labute approximate surface area is 191 Å². The molecule has 33 heavy (non-hydrogen) atoms. The summed E-state index contributed by atoms with van der Waals surface area (Å²) >= 11 is 0. The van der Waals surface area contributed by atoms with Gasteiger partial charge in [0.1, 0.15) is 5.82 Å². The van der Waals surface area contributed by atoms with Crippen molar-refractivity contribution in [3.63, 3.8) is 0 Å². The average molecular weight is 448 g/mol. The first-order valence-electron chi connectivity index (χ1n) is 10.7. The third-order valence-electron chi connectivity index (χ3n) is 5.29. The van der Waals surface area contributed by atoms with Gasteiger partial charge in [-0.15, -0.1) is 0 Å². The van der Waals surface area contributed by atoms with Gasteiger partial charge in [0.25, 0.3) is 0 Å². The smallest absolute Gasteiger partial charge is 0.337 e. The summed E-state index contributed by atoms with van der Waals surface area (Å²) in [5, 5.41) is 14.9. The minimum atomic E-state index is -1.29. The predicted octanol–water partition coefficient (Wildman–Crippen LogP) is 5.76. The van der Waals surface area contributed by atoms with Crippen molar-refractivity contribution in [2.75, 3.05) is 0 Å². The first kappa shape index (κ1) is 22.6. The van der Waals surface area contributed by atoms with Crippen LogP contribution in [0.15, 0.2) is 54.6 Å². The highest BCUT2D eigenvalue weighted by Crippen LogP contribution is 2.36. The van der Waals surface area contributed by atoms with E-state index < -0.39 is 17.7 Å². The van der Waals surface area contributed by atoms with Crippen LogP contribution in [-0.4, -0.2) is 31.3 Å². The van der Waals surface area contributed by atoms with Gasteiger partial charge in [-0.05, 0) is 58.4 Å². The Bertz CT molecular complexity index is 1340. The number of halogens is 1. The van der Waals surface area contributed by atoms with Gasteiger partial charge in [-0.1, -0.05) is 30.3 Å². The van der Waals surface area contributed by atoms with E-state index in [9.17, 15) is 14.3 Å². The van der Waals surface area contributed by atoms with Crippen LogP contribution in [0.2, 0.25) is 0 Å². The Morgan fingerprint density at radius 1 is 1.06 bits per heavy atom. The SMILES string of the molecule is Cc1cc(-c2c(C(OC(C)(C)C)C(=O)O)c(C)nc3cc(-c4ccccc4)nn23)ccc1F. The number of aryl methyl sites for hydroxylation is 2. The zero-order valence-electron chi connectivity index (χ0n) is 19.3. The van der Waals surface area contributed by atoms with Gasteiger partial charge in [-0.2, -0.15) is 5.10 Å². The lowest BCUT2D eigenvalue weighted by Gasteiger charge is -2.27. The van der Waals surface area contributed by atoms with Crippen molar-refractivity contribution in [1.82, 2.24) is 14.6 Å². The van der Waals surface area contributed by atoms with Crippen LogP contribution in [0.25, 0.3) is 28.2 Å². The number of aromatic nitrogens is 3. The summed E-state index contributed by atoms with van der Waals surface area (Å²) in [5.74, 6) is -1.47. The number of carboxylic acids is 1. The van der Waals surface area contributed by atoms with Crippen LogP contribution < -0.4 is 0 Å². The molecule has 0 aliphatic carbocycles. The largest absolute Gasteiger partial charge is 0.479 e. The van der Waals surface area contributed by atoms with E-state index in [0.717, 1.165) is 5.56 Å². The van der Waals surface area contributed by atoms with E-state index in [4.69, 9.17) is 9.84 Å². The molecular formula is C26H26FN3O3. The van der Waals surface area contributed by atoms with Gasteiger partial charge in [0.15, 0.2) is 11.8 Å². The van der Waals surface area contributed by atoms with Crippen LogP contribution in [-0.2, 0) is 9.53 Å². The molecule has 1 atom stereocenters. The van der Waals surface area contributed by atoms with Gasteiger partial charge in [0.05, 0.1) is 17.0 Å². The molecule has 4 aromatic rings. The molecule has 4 rings (SSSR count). The molecular weight excluding hydrogens is 421 g/mol. The third kappa shape index (κ3) is 4.50. The lowest BCUT2D eigenvalue weighted by Crippen LogP contribution is -2.29. The second kappa shape index (κ2) is 8.41. The molecule has 0 spiro atoms. The van der Waals surface area contributed by atoms with Gasteiger partial charge in [0, 0.05) is 28.5 Å². The Morgan fingerprint density at radius 3 is 2.36 bits per heavy atom. The number of carbonyl (C=O) groups is 1. The molecule has 2 aromatic carbocycles. The van der Waals surface area contributed by atoms with Crippen molar-refractivity contribution in [2.24, 2.45) is 0 Å². The molecule has 0 aliphatic heterocycles. The lowest BCUT2D eigenvalue weighted by atomic mass is 9.98. The second-order valence-electron chi connectivity index (χ2n) is 9.04. The summed E-state index contributed by atoms with van der Waals surface area (Å²) in [4.78, 5) is 17.0. The Kier molecular flexibility index (Phi) is 5.76. The summed E-state index contributed by atoms with van der Waals surface area (Å²) in [6.45, 7) is 8.82. The average Bonchev–Trinajstić information content (AvgIpc) is 3.17. The molecule has 170 valence electrons. The van der Waals surface area contributed by atoms with E-state index in [1.165, 1.54) is 6.07 Å². The molecule has 0 aliphatic rings. The van der Waals surface area contributed by atoms with Crippen molar-refractivity contribution in [3.05, 3.63) is 77.2 Å². The Balaban J connectivity index is 2.06. The van der Waals surface area contributed by atoms with E-state index in [2.05, 4.69) is 4.98 Å². The van der Waals surface area contributed by atoms with Crippen molar-refractivity contribution in [3.8, 4) is 22.5 Å².